The highest BCUT2D eigenvalue weighted by molar-refractivity contribution is 4.95. The first kappa shape index (κ1) is 24.7. The fourth-order valence-corrected chi connectivity index (χ4v) is 3.95. The highest BCUT2D eigenvalue weighted by atomic mass is 15.2. The molecule has 150 valence electrons. The van der Waals surface area contributed by atoms with Crippen LogP contribution in [0.2, 0.25) is 0 Å². The van der Waals surface area contributed by atoms with Gasteiger partial charge < -0.3 is 9.80 Å². The monoisotopic (exact) mass is 352 g/mol. The van der Waals surface area contributed by atoms with E-state index >= 15 is 0 Å². The molecule has 0 aromatic rings. The highest BCUT2D eigenvalue weighted by Crippen LogP contribution is 2.26. The standard InChI is InChI=1S/C23H48N2/c1-7-9-10-11-12-13-14-15-16-17-18-19-21-23(20-8-2,25(5)6)22-24(3)4/h8H,2,7,9-22H2,1,3-6H3. The molecule has 0 spiro atoms. The third-order valence-corrected chi connectivity index (χ3v) is 5.58. The Bertz CT molecular complexity index is 298. The van der Waals surface area contributed by atoms with Crippen LogP contribution in [0, 0.1) is 0 Å². The van der Waals surface area contributed by atoms with E-state index in [9.17, 15) is 0 Å². The molecule has 25 heavy (non-hydrogen) atoms. The fraction of sp³-hybridized carbons (Fsp3) is 0.913. The molecule has 0 saturated heterocycles. The lowest BCUT2D eigenvalue weighted by Gasteiger charge is -2.41. The van der Waals surface area contributed by atoms with E-state index in [0.717, 1.165) is 13.0 Å². The van der Waals surface area contributed by atoms with Gasteiger partial charge in [-0.25, -0.2) is 0 Å². The number of hydrogen-bond acceptors (Lipinski definition) is 2. The number of nitrogens with zero attached hydrogens (tertiary/aromatic N) is 2. The van der Waals surface area contributed by atoms with E-state index in [2.05, 4.69) is 57.6 Å². The van der Waals surface area contributed by atoms with Gasteiger partial charge in [0.1, 0.15) is 0 Å². The average molecular weight is 353 g/mol. The molecule has 0 aliphatic carbocycles. The minimum atomic E-state index is 0.254. The van der Waals surface area contributed by atoms with Crippen molar-refractivity contribution in [2.75, 3.05) is 34.7 Å². The second-order valence-electron chi connectivity index (χ2n) is 8.49. The van der Waals surface area contributed by atoms with Gasteiger partial charge in [0.05, 0.1) is 0 Å². The Hall–Kier alpha value is -0.340. The molecular formula is C23H48N2. The average Bonchev–Trinajstić information content (AvgIpc) is 2.55. The van der Waals surface area contributed by atoms with Gasteiger partial charge in [-0.15, -0.1) is 6.58 Å². The Morgan fingerprint density at radius 2 is 1.16 bits per heavy atom. The van der Waals surface area contributed by atoms with Gasteiger partial charge in [0.25, 0.3) is 0 Å². The maximum Gasteiger partial charge on any atom is 0.0364 e. The first-order valence-electron chi connectivity index (χ1n) is 10.9. The Morgan fingerprint density at radius 3 is 1.52 bits per heavy atom. The van der Waals surface area contributed by atoms with Crippen LogP contribution in [-0.2, 0) is 0 Å². The van der Waals surface area contributed by atoms with Crippen molar-refractivity contribution < 1.29 is 0 Å². The number of likely N-dealkylation sites (N-methyl/N-ethyl adjacent to an activating group) is 2. The zero-order valence-electron chi connectivity index (χ0n) is 18.3. The van der Waals surface area contributed by atoms with Crippen molar-refractivity contribution in [2.45, 2.75) is 102 Å². The van der Waals surface area contributed by atoms with Crippen LogP contribution in [0.25, 0.3) is 0 Å². The van der Waals surface area contributed by atoms with Gasteiger partial charge in [0.15, 0.2) is 0 Å². The summed E-state index contributed by atoms with van der Waals surface area (Å²) < 4.78 is 0. The third-order valence-electron chi connectivity index (χ3n) is 5.58. The van der Waals surface area contributed by atoms with Crippen molar-refractivity contribution >= 4 is 0 Å². The minimum Gasteiger partial charge on any atom is -0.308 e. The molecule has 0 bridgehead atoms. The van der Waals surface area contributed by atoms with Gasteiger partial charge >= 0.3 is 0 Å². The van der Waals surface area contributed by atoms with Crippen molar-refractivity contribution in [3.05, 3.63) is 12.7 Å². The lowest BCUT2D eigenvalue weighted by molar-refractivity contribution is 0.0995. The molecule has 0 fully saturated rings. The van der Waals surface area contributed by atoms with Gasteiger partial charge in [-0.2, -0.15) is 0 Å². The SMILES string of the molecule is C=CCC(CCCCCCCCCCCCCC)(CN(C)C)N(C)C. The summed E-state index contributed by atoms with van der Waals surface area (Å²) in [7, 11) is 8.83. The lowest BCUT2D eigenvalue weighted by atomic mass is 9.86. The molecular weight excluding hydrogens is 304 g/mol. The van der Waals surface area contributed by atoms with Crippen LogP contribution in [-0.4, -0.2) is 50.1 Å². The second-order valence-corrected chi connectivity index (χ2v) is 8.49. The predicted octanol–water partition coefficient (Wildman–Crippen LogP) is 6.52. The molecule has 0 radical (unpaired) electrons. The molecule has 0 amide bonds. The summed E-state index contributed by atoms with van der Waals surface area (Å²) in [6.07, 6.45) is 21.5. The van der Waals surface area contributed by atoms with Crippen molar-refractivity contribution in [1.82, 2.24) is 9.80 Å². The van der Waals surface area contributed by atoms with Crippen LogP contribution in [0.1, 0.15) is 96.8 Å². The Morgan fingerprint density at radius 1 is 0.720 bits per heavy atom. The molecule has 0 aliphatic heterocycles. The van der Waals surface area contributed by atoms with E-state index in [0.29, 0.717) is 0 Å². The molecule has 0 N–H and O–H groups in total. The van der Waals surface area contributed by atoms with Gasteiger partial charge in [0, 0.05) is 12.1 Å². The number of unbranched alkanes of at least 4 members (excludes halogenated alkanes) is 11. The molecule has 0 saturated carbocycles. The van der Waals surface area contributed by atoms with E-state index in [-0.39, 0.29) is 5.54 Å². The van der Waals surface area contributed by atoms with E-state index in [1.54, 1.807) is 0 Å². The summed E-state index contributed by atoms with van der Waals surface area (Å²) >= 11 is 0. The van der Waals surface area contributed by atoms with Gasteiger partial charge in [-0.3, -0.25) is 0 Å². The molecule has 0 aromatic heterocycles. The van der Waals surface area contributed by atoms with Crippen LogP contribution in [0.5, 0.6) is 0 Å². The third kappa shape index (κ3) is 12.6. The van der Waals surface area contributed by atoms with Crippen LogP contribution in [0.4, 0.5) is 0 Å². The largest absolute Gasteiger partial charge is 0.308 e. The molecule has 2 nitrogen and oxygen atoms in total. The number of rotatable bonds is 18. The van der Waals surface area contributed by atoms with E-state index in [1.807, 2.05) is 0 Å². The fourth-order valence-electron chi connectivity index (χ4n) is 3.95. The smallest absolute Gasteiger partial charge is 0.0364 e. The molecule has 0 heterocycles. The van der Waals surface area contributed by atoms with Crippen molar-refractivity contribution in [3.63, 3.8) is 0 Å². The summed E-state index contributed by atoms with van der Waals surface area (Å²) in [6.45, 7) is 7.41. The van der Waals surface area contributed by atoms with Crippen molar-refractivity contribution in [1.29, 1.82) is 0 Å². The molecule has 0 rings (SSSR count). The molecule has 0 aliphatic rings. The Kier molecular flexibility index (Phi) is 15.7. The van der Waals surface area contributed by atoms with Crippen molar-refractivity contribution in [3.8, 4) is 0 Å². The summed E-state index contributed by atoms with van der Waals surface area (Å²) in [5.74, 6) is 0. The maximum absolute atomic E-state index is 4.00. The summed E-state index contributed by atoms with van der Waals surface area (Å²) in [6, 6.07) is 0. The second kappa shape index (κ2) is 15.9. The van der Waals surface area contributed by atoms with E-state index in [4.69, 9.17) is 0 Å². The zero-order chi connectivity index (χ0) is 19.0. The number of hydrogen-bond donors (Lipinski definition) is 0. The molecule has 2 heteroatoms. The lowest BCUT2D eigenvalue weighted by Crippen LogP contribution is -2.51. The normalized spacial score (nSPS) is 14.2. The predicted molar refractivity (Wildman–Crippen MR) is 115 cm³/mol. The van der Waals surface area contributed by atoms with Gasteiger partial charge in [-0.05, 0) is 41.0 Å². The highest BCUT2D eigenvalue weighted by Gasteiger charge is 2.31. The maximum atomic E-state index is 4.00. The van der Waals surface area contributed by atoms with E-state index < -0.39 is 0 Å². The van der Waals surface area contributed by atoms with Crippen LogP contribution >= 0.6 is 0 Å². The van der Waals surface area contributed by atoms with Gasteiger partial charge in [-0.1, -0.05) is 90.0 Å². The quantitative estimate of drug-likeness (QED) is 0.205. The van der Waals surface area contributed by atoms with Gasteiger partial charge in [0.2, 0.25) is 0 Å². The van der Waals surface area contributed by atoms with Crippen LogP contribution in [0.15, 0.2) is 12.7 Å². The van der Waals surface area contributed by atoms with Crippen LogP contribution < -0.4 is 0 Å². The topological polar surface area (TPSA) is 6.48 Å². The van der Waals surface area contributed by atoms with Crippen molar-refractivity contribution in [2.24, 2.45) is 0 Å². The summed E-state index contributed by atoms with van der Waals surface area (Å²) in [5.41, 5.74) is 0.254. The molecule has 1 atom stereocenters. The molecule has 1 unspecified atom stereocenters. The van der Waals surface area contributed by atoms with Crippen LogP contribution in [0.3, 0.4) is 0 Å². The Labute approximate surface area is 160 Å². The minimum absolute atomic E-state index is 0.254. The molecule has 0 aromatic carbocycles. The van der Waals surface area contributed by atoms with E-state index in [1.165, 1.54) is 83.5 Å². The Balaban J connectivity index is 3.79. The first-order valence-corrected chi connectivity index (χ1v) is 10.9. The summed E-state index contributed by atoms with van der Waals surface area (Å²) in [5, 5.41) is 0. The summed E-state index contributed by atoms with van der Waals surface area (Å²) in [4.78, 5) is 4.75. The zero-order valence-corrected chi connectivity index (χ0v) is 18.3. The first-order chi connectivity index (χ1) is 12.0.